The van der Waals surface area contributed by atoms with Gasteiger partial charge in [0, 0.05) is 18.8 Å². The molecule has 3 nitrogen and oxygen atoms in total. The zero-order chi connectivity index (χ0) is 13.8. The van der Waals surface area contributed by atoms with E-state index in [2.05, 4.69) is 26.2 Å². The van der Waals surface area contributed by atoms with Gasteiger partial charge in [-0.25, -0.2) is 9.37 Å². The van der Waals surface area contributed by atoms with Gasteiger partial charge in [0.15, 0.2) is 0 Å². The van der Waals surface area contributed by atoms with Crippen LogP contribution < -0.4 is 10.1 Å². The number of nitrogens with one attached hydrogen (secondary N) is 1. The number of ether oxygens (including phenoxy) is 1. The molecule has 19 heavy (non-hydrogen) atoms. The van der Waals surface area contributed by atoms with Crippen molar-refractivity contribution in [2.24, 2.45) is 0 Å². The molecule has 6 heteroatoms. The van der Waals surface area contributed by atoms with Gasteiger partial charge in [0.1, 0.15) is 16.6 Å². The molecule has 0 aliphatic carbocycles. The predicted molar refractivity (Wildman–Crippen MR) is 76.2 cm³/mol. The van der Waals surface area contributed by atoms with Gasteiger partial charge in [-0.2, -0.15) is 0 Å². The van der Waals surface area contributed by atoms with E-state index in [1.54, 1.807) is 18.3 Å². The van der Waals surface area contributed by atoms with Crippen LogP contribution in [-0.4, -0.2) is 12.0 Å². The number of benzene rings is 1. The first-order valence-electron chi connectivity index (χ1n) is 5.52. The van der Waals surface area contributed by atoms with E-state index in [0.29, 0.717) is 21.8 Å². The van der Waals surface area contributed by atoms with Crippen molar-refractivity contribution in [3.63, 3.8) is 0 Å². The number of hydrogen-bond donors (Lipinski definition) is 1. The van der Waals surface area contributed by atoms with Crippen molar-refractivity contribution in [2.75, 3.05) is 7.05 Å². The first-order valence-corrected chi connectivity index (χ1v) is 6.69. The van der Waals surface area contributed by atoms with Gasteiger partial charge in [-0.05, 0) is 46.7 Å². The maximum atomic E-state index is 13.2. The summed E-state index contributed by atoms with van der Waals surface area (Å²) in [5.41, 5.74) is 0.943. The Morgan fingerprint density at radius 3 is 2.89 bits per heavy atom. The Hall–Kier alpha value is -1.17. The predicted octanol–water partition coefficient (Wildman–Crippen LogP) is 4.15. The molecule has 0 atom stereocenters. The number of rotatable bonds is 4. The second-order valence-corrected chi connectivity index (χ2v) is 5.10. The molecule has 2 rings (SSSR count). The fourth-order valence-corrected chi connectivity index (χ4v) is 2.06. The molecule has 0 radical (unpaired) electrons. The van der Waals surface area contributed by atoms with Crippen LogP contribution in [0, 0.1) is 5.82 Å². The summed E-state index contributed by atoms with van der Waals surface area (Å²) in [5, 5.41) is 3.38. The van der Waals surface area contributed by atoms with E-state index in [4.69, 9.17) is 16.3 Å². The van der Waals surface area contributed by atoms with E-state index in [-0.39, 0.29) is 11.7 Å². The Labute approximate surface area is 123 Å². The molecule has 0 saturated carbocycles. The average molecular weight is 346 g/mol. The van der Waals surface area contributed by atoms with Crippen molar-refractivity contribution >= 4 is 27.5 Å². The number of aromatic nitrogens is 1. The Kier molecular flexibility index (Phi) is 4.74. The molecule has 0 amide bonds. The molecule has 1 heterocycles. The standard InChI is InChI=1S/C13H11BrClFN2O/c1-17-6-8-4-11(15)13(18-7-8)19-12-5-9(16)2-3-10(12)14/h2-5,7,17H,6H2,1H3. The maximum Gasteiger partial charge on any atom is 0.238 e. The van der Waals surface area contributed by atoms with Crippen LogP contribution in [0.5, 0.6) is 11.6 Å². The lowest BCUT2D eigenvalue weighted by Crippen LogP contribution is -2.05. The van der Waals surface area contributed by atoms with E-state index >= 15 is 0 Å². The van der Waals surface area contributed by atoms with Crippen LogP contribution in [0.2, 0.25) is 5.02 Å². The summed E-state index contributed by atoms with van der Waals surface area (Å²) in [7, 11) is 1.84. The summed E-state index contributed by atoms with van der Waals surface area (Å²) >= 11 is 9.36. The van der Waals surface area contributed by atoms with Crippen molar-refractivity contribution in [2.45, 2.75) is 6.54 Å². The second-order valence-electron chi connectivity index (χ2n) is 3.84. The van der Waals surface area contributed by atoms with Crippen molar-refractivity contribution in [1.29, 1.82) is 0 Å². The Morgan fingerprint density at radius 2 is 2.21 bits per heavy atom. The van der Waals surface area contributed by atoms with E-state index in [1.807, 2.05) is 7.05 Å². The molecular weight excluding hydrogens is 335 g/mol. The Balaban J connectivity index is 2.25. The fourth-order valence-electron chi connectivity index (χ4n) is 1.50. The lowest BCUT2D eigenvalue weighted by atomic mass is 10.3. The van der Waals surface area contributed by atoms with Crippen LogP contribution in [-0.2, 0) is 6.54 Å². The van der Waals surface area contributed by atoms with Crippen LogP contribution in [0.15, 0.2) is 34.9 Å². The SMILES string of the molecule is CNCc1cnc(Oc2cc(F)ccc2Br)c(Cl)c1. The van der Waals surface area contributed by atoms with Crippen LogP contribution in [0.25, 0.3) is 0 Å². The van der Waals surface area contributed by atoms with Gasteiger partial charge in [-0.15, -0.1) is 0 Å². The average Bonchev–Trinajstić information content (AvgIpc) is 2.37. The topological polar surface area (TPSA) is 34.2 Å². The summed E-state index contributed by atoms with van der Waals surface area (Å²) in [6, 6.07) is 5.92. The highest BCUT2D eigenvalue weighted by molar-refractivity contribution is 9.10. The molecule has 1 N–H and O–H groups in total. The minimum Gasteiger partial charge on any atom is -0.436 e. The number of halogens is 3. The maximum absolute atomic E-state index is 13.2. The number of pyridine rings is 1. The molecule has 0 unspecified atom stereocenters. The summed E-state index contributed by atoms with van der Waals surface area (Å²) < 4.78 is 19.3. The first kappa shape index (κ1) is 14.2. The number of nitrogens with zero attached hydrogens (tertiary/aromatic N) is 1. The third kappa shape index (κ3) is 3.65. The van der Waals surface area contributed by atoms with E-state index in [9.17, 15) is 4.39 Å². The monoisotopic (exact) mass is 344 g/mol. The van der Waals surface area contributed by atoms with Crippen LogP contribution in [0.1, 0.15) is 5.56 Å². The summed E-state index contributed by atoms with van der Waals surface area (Å²) in [6.07, 6.45) is 1.66. The van der Waals surface area contributed by atoms with E-state index in [1.165, 1.54) is 12.1 Å². The largest absolute Gasteiger partial charge is 0.436 e. The molecular formula is C13H11BrClFN2O. The van der Waals surface area contributed by atoms with Crippen molar-refractivity contribution in [3.8, 4) is 11.6 Å². The van der Waals surface area contributed by atoms with Crippen molar-refractivity contribution in [1.82, 2.24) is 10.3 Å². The minimum absolute atomic E-state index is 0.243. The fraction of sp³-hybridized carbons (Fsp3) is 0.154. The second kappa shape index (κ2) is 6.32. The van der Waals surface area contributed by atoms with Crippen molar-refractivity contribution < 1.29 is 9.13 Å². The van der Waals surface area contributed by atoms with Gasteiger partial charge >= 0.3 is 0 Å². The molecule has 0 bridgehead atoms. The molecule has 0 spiro atoms. The lowest BCUT2D eigenvalue weighted by Gasteiger charge is -2.09. The van der Waals surface area contributed by atoms with Gasteiger partial charge < -0.3 is 10.1 Å². The van der Waals surface area contributed by atoms with Gasteiger partial charge in [-0.3, -0.25) is 0 Å². The molecule has 0 fully saturated rings. The van der Waals surface area contributed by atoms with Gasteiger partial charge in [0.2, 0.25) is 5.88 Å². The Morgan fingerprint density at radius 1 is 1.42 bits per heavy atom. The van der Waals surface area contributed by atoms with Crippen LogP contribution in [0.4, 0.5) is 4.39 Å². The third-order valence-corrected chi connectivity index (χ3v) is 3.27. The molecule has 0 aliphatic heterocycles. The molecule has 0 aliphatic rings. The molecule has 100 valence electrons. The highest BCUT2D eigenvalue weighted by atomic mass is 79.9. The molecule has 0 saturated heterocycles. The summed E-state index contributed by atoms with van der Waals surface area (Å²) in [6.45, 7) is 0.663. The molecule has 1 aromatic heterocycles. The third-order valence-electron chi connectivity index (χ3n) is 2.34. The first-order chi connectivity index (χ1) is 9.10. The van der Waals surface area contributed by atoms with Gasteiger partial charge in [0.05, 0.1) is 4.47 Å². The smallest absolute Gasteiger partial charge is 0.238 e. The van der Waals surface area contributed by atoms with Gasteiger partial charge in [-0.1, -0.05) is 11.6 Å². The quantitative estimate of drug-likeness (QED) is 0.904. The summed E-state index contributed by atoms with van der Waals surface area (Å²) in [5.74, 6) is 0.185. The molecule has 2 aromatic rings. The van der Waals surface area contributed by atoms with Crippen LogP contribution in [0.3, 0.4) is 0 Å². The zero-order valence-corrected chi connectivity index (χ0v) is 12.4. The zero-order valence-electron chi connectivity index (χ0n) is 10.1. The Bertz CT molecular complexity index is 595. The van der Waals surface area contributed by atoms with Crippen LogP contribution >= 0.6 is 27.5 Å². The van der Waals surface area contributed by atoms with Gasteiger partial charge in [0.25, 0.3) is 0 Å². The van der Waals surface area contributed by atoms with E-state index in [0.717, 1.165) is 5.56 Å². The summed E-state index contributed by atoms with van der Waals surface area (Å²) in [4.78, 5) is 4.13. The number of hydrogen-bond acceptors (Lipinski definition) is 3. The highest BCUT2D eigenvalue weighted by Crippen LogP contribution is 2.32. The van der Waals surface area contributed by atoms with Crippen molar-refractivity contribution in [3.05, 3.63) is 51.3 Å². The minimum atomic E-state index is -0.388. The normalized spacial score (nSPS) is 10.5. The highest BCUT2D eigenvalue weighted by Gasteiger charge is 2.09. The molecule has 1 aromatic carbocycles. The lowest BCUT2D eigenvalue weighted by molar-refractivity contribution is 0.455. The van der Waals surface area contributed by atoms with E-state index < -0.39 is 0 Å².